The molecule has 0 aliphatic carbocycles. The van der Waals surface area contributed by atoms with Crippen LogP contribution in [0.4, 0.5) is 0 Å². The fourth-order valence-electron chi connectivity index (χ4n) is 1.58. The number of carboxylic acids is 1. The van der Waals surface area contributed by atoms with Crippen molar-refractivity contribution in [3.8, 4) is 0 Å². The lowest BCUT2D eigenvalue weighted by molar-refractivity contribution is 0.0702. The van der Waals surface area contributed by atoms with Gasteiger partial charge >= 0.3 is 11.7 Å². The number of thiophene rings is 1. The Labute approximate surface area is 122 Å². The maximum Gasteiger partial charge on any atom is 0.345 e. The quantitative estimate of drug-likeness (QED) is 0.856. The van der Waals surface area contributed by atoms with Crippen molar-refractivity contribution in [1.29, 1.82) is 0 Å². The van der Waals surface area contributed by atoms with Crippen LogP contribution in [0.15, 0.2) is 32.0 Å². The van der Waals surface area contributed by atoms with E-state index in [0.717, 1.165) is 20.8 Å². The highest BCUT2D eigenvalue weighted by Gasteiger charge is 2.09. The molecule has 106 valence electrons. The van der Waals surface area contributed by atoms with Gasteiger partial charge in [-0.05, 0) is 6.07 Å². The largest absolute Gasteiger partial charge is 0.477 e. The number of thioether (sulfide) groups is 1. The zero-order valence-corrected chi connectivity index (χ0v) is 12.5. The predicted molar refractivity (Wildman–Crippen MR) is 77.8 cm³/mol. The Morgan fingerprint density at radius 3 is 2.60 bits per heavy atom. The van der Waals surface area contributed by atoms with Crippen molar-refractivity contribution in [1.82, 2.24) is 9.13 Å². The van der Waals surface area contributed by atoms with Gasteiger partial charge in [-0.3, -0.25) is 13.9 Å². The van der Waals surface area contributed by atoms with Gasteiger partial charge < -0.3 is 5.11 Å². The van der Waals surface area contributed by atoms with Crippen LogP contribution in [0.5, 0.6) is 0 Å². The molecule has 6 nitrogen and oxygen atoms in total. The number of carbonyl (C=O) groups is 1. The Morgan fingerprint density at radius 1 is 1.30 bits per heavy atom. The van der Waals surface area contributed by atoms with E-state index in [1.807, 2.05) is 0 Å². The van der Waals surface area contributed by atoms with Crippen LogP contribution in [-0.4, -0.2) is 20.2 Å². The van der Waals surface area contributed by atoms with E-state index in [0.29, 0.717) is 11.4 Å². The highest BCUT2D eigenvalue weighted by atomic mass is 32.2. The van der Waals surface area contributed by atoms with Gasteiger partial charge in [-0.25, -0.2) is 9.59 Å². The van der Waals surface area contributed by atoms with Gasteiger partial charge in [0.2, 0.25) is 0 Å². The molecule has 1 N–H and O–H groups in total. The average Bonchev–Trinajstić information content (AvgIpc) is 2.88. The third-order valence-corrected chi connectivity index (χ3v) is 4.87. The summed E-state index contributed by atoms with van der Waals surface area (Å²) in [7, 11) is 3.04. The monoisotopic (exact) mass is 312 g/mol. The van der Waals surface area contributed by atoms with Gasteiger partial charge in [-0.2, -0.15) is 0 Å². The maximum atomic E-state index is 11.8. The molecule has 0 radical (unpaired) electrons. The molecule has 2 rings (SSSR count). The number of aromatic carboxylic acids is 1. The van der Waals surface area contributed by atoms with Gasteiger partial charge in [0, 0.05) is 41.9 Å². The summed E-state index contributed by atoms with van der Waals surface area (Å²) in [6.07, 6.45) is 0. The molecule has 0 saturated heterocycles. The summed E-state index contributed by atoms with van der Waals surface area (Å²) in [6, 6.07) is 3.00. The number of rotatable bonds is 4. The smallest absolute Gasteiger partial charge is 0.345 e. The Bertz CT molecular complexity index is 772. The van der Waals surface area contributed by atoms with E-state index in [2.05, 4.69) is 0 Å². The second-order valence-electron chi connectivity index (χ2n) is 4.12. The van der Waals surface area contributed by atoms with Crippen molar-refractivity contribution in [2.45, 2.75) is 10.6 Å². The molecule has 0 aromatic carbocycles. The second-order valence-corrected chi connectivity index (χ2v) is 6.07. The summed E-state index contributed by atoms with van der Waals surface area (Å²) >= 11 is 2.54. The number of aromatic nitrogens is 2. The van der Waals surface area contributed by atoms with Crippen molar-refractivity contribution in [3.63, 3.8) is 0 Å². The fraction of sp³-hybridized carbons (Fsp3) is 0.250. The lowest BCUT2D eigenvalue weighted by Gasteiger charge is -2.08. The van der Waals surface area contributed by atoms with Crippen molar-refractivity contribution in [3.05, 3.63) is 48.9 Å². The third-order valence-electron chi connectivity index (χ3n) is 2.80. The molecular weight excluding hydrogens is 300 g/mol. The second kappa shape index (κ2) is 5.68. The molecule has 0 atom stereocenters. The van der Waals surface area contributed by atoms with E-state index >= 15 is 0 Å². The molecule has 0 bridgehead atoms. The highest BCUT2D eigenvalue weighted by molar-refractivity contribution is 7.98. The summed E-state index contributed by atoms with van der Waals surface area (Å²) in [6.45, 7) is 0. The van der Waals surface area contributed by atoms with E-state index in [1.165, 1.54) is 29.4 Å². The molecule has 0 aliphatic rings. The maximum absolute atomic E-state index is 11.8. The Hall–Kier alpha value is -1.80. The number of hydrogen-bond acceptors (Lipinski definition) is 5. The van der Waals surface area contributed by atoms with Gasteiger partial charge in [-0.15, -0.1) is 23.1 Å². The molecule has 20 heavy (non-hydrogen) atoms. The van der Waals surface area contributed by atoms with E-state index in [-0.39, 0.29) is 16.1 Å². The van der Waals surface area contributed by atoms with Crippen LogP contribution in [0, 0.1) is 0 Å². The van der Waals surface area contributed by atoms with Crippen LogP contribution in [-0.2, 0) is 19.8 Å². The number of nitrogens with zero attached hydrogens (tertiary/aromatic N) is 2. The molecule has 2 heterocycles. The molecule has 2 aromatic rings. The Morgan fingerprint density at radius 2 is 2.00 bits per heavy atom. The van der Waals surface area contributed by atoms with Crippen molar-refractivity contribution in [2.75, 3.05) is 0 Å². The minimum atomic E-state index is -0.956. The van der Waals surface area contributed by atoms with Gasteiger partial charge in [0.1, 0.15) is 4.88 Å². The lowest BCUT2D eigenvalue weighted by atomic mass is 10.4. The topological polar surface area (TPSA) is 81.3 Å². The minimum absolute atomic E-state index is 0.269. The van der Waals surface area contributed by atoms with Gasteiger partial charge in [-0.1, -0.05) is 0 Å². The zero-order chi connectivity index (χ0) is 14.9. The number of hydrogen-bond donors (Lipinski definition) is 1. The Kier molecular flexibility index (Phi) is 4.15. The molecule has 2 aromatic heterocycles. The standard InChI is InChI=1S/C12H12N2O4S2/c1-13-7(3-10(15)14(2)12(13)18)5-19-8-4-9(11(16)17)20-6-8/h3-4,6H,5H2,1-2H3,(H,16,17). The first-order valence-electron chi connectivity index (χ1n) is 5.60. The van der Waals surface area contributed by atoms with E-state index in [1.54, 1.807) is 18.5 Å². The lowest BCUT2D eigenvalue weighted by Crippen LogP contribution is -2.37. The normalized spacial score (nSPS) is 10.7. The molecule has 8 heteroatoms. The van der Waals surface area contributed by atoms with Crippen molar-refractivity contribution < 1.29 is 9.90 Å². The van der Waals surface area contributed by atoms with Gasteiger partial charge in [0.05, 0.1) is 0 Å². The third kappa shape index (κ3) is 2.86. The highest BCUT2D eigenvalue weighted by Crippen LogP contribution is 2.27. The molecule has 0 unspecified atom stereocenters. The molecule has 0 amide bonds. The zero-order valence-electron chi connectivity index (χ0n) is 10.8. The van der Waals surface area contributed by atoms with E-state index in [4.69, 9.17) is 5.11 Å². The summed E-state index contributed by atoms with van der Waals surface area (Å²) in [5.41, 5.74) is -0.115. The molecule has 0 saturated carbocycles. The van der Waals surface area contributed by atoms with Crippen LogP contribution in [0.3, 0.4) is 0 Å². The SMILES string of the molecule is Cn1c(CSc2csc(C(=O)O)c2)cc(=O)n(C)c1=O. The van der Waals surface area contributed by atoms with E-state index < -0.39 is 5.97 Å². The van der Waals surface area contributed by atoms with Crippen LogP contribution in [0.25, 0.3) is 0 Å². The summed E-state index contributed by atoms with van der Waals surface area (Å²) in [5.74, 6) is -0.528. The molecule has 0 fully saturated rings. The molecular formula is C12H12N2O4S2. The summed E-state index contributed by atoms with van der Waals surface area (Å²) < 4.78 is 2.46. The first-order valence-corrected chi connectivity index (χ1v) is 7.47. The predicted octanol–water partition coefficient (Wildman–Crippen LogP) is 1.14. The number of carboxylic acid groups (broad SMARTS) is 1. The van der Waals surface area contributed by atoms with Crippen molar-refractivity contribution in [2.24, 2.45) is 14.1 Å². The van der Waals surface area contributed by atoms with Crippen LogP contribution >= 0.6 is 23.1 Å². The first kappa shape index (κ1) is 14.6. The molecule has 0 spiro atoms. The van der Waals surface area contributed by atoms with Crippen LogP contribution < -0.4 is 11.2 Å². The van der Waals surface area contributed by atoms with Gasteiger partial charge in [0.15, 0.2) is 0 Å². The van der Waals surface area contributed by atoms with Crippen LogP contribution in [0.2, 0.25) is 0 Å². The van der Waals surface area contributed by atoms with Gasteiger partial charge in [0.25, 0.3) is 5.56 Å². The Balaban J connectivity index is 2.21. The minimum Gasteiger partial charge on any atom is -0.477 e. The first-order chi connectivity index (χ1) is 9.40. The van der Waals surface area contributed by atoms with Crippen molar-refractivity contribution >= 4 is 29.1 Å². The van der Waals surface area contributed by atoms with E-state index in [9.17, 15) is 14.4 Å². The molecule has 0 aliphatic heterocycles. The van der Waals surface area contributed by atoms with Crippen LogP contribution in [0.1, 0.15) is 15.4 Å². The average molecular weight is 312 g/mol. The summed E-state index contributed by atoms with van der Waals surface area (Å²) in [5, 5.41) is 10.6. The summed E-state index contributed by atoms with van der Waals surface area (Å²) in [4.78, 5) is 35.2. The fourth-order valence-corrected chi connectivity index (χ4v) is 3.47.